The zero-order valence-electron chi connectivity index (χ0n) is 17.6. The van der Waals surface area contributed by atoms with Crippen LogP contribution < -0.4 is 15.8 Å². The van der Waals surface area contributed by atoms with Crippen LogP contribution in [0.2, 0.25) is 5.02 Å². The molecule has 2 fully saturated rings. The number of ether oxygens (including phenoxy) is 2. The second-order valence-electron chi connectivity index (χ2n) is 8.33. The highest BCUT2D eigenvalue weighted by Gasteiger charge is 2.87. The Bertz CT molecular complexity index is 1210. The Balaban J connectivity index is 1.80. The summed E-state index contributed by atoms with van der Waals surface area (Å²) in [7, 11) is 1.01. The van der Waals surface area contributed by atoms with Gasteiger partial charge in [0.05, 0.1) is 12.1 Å². The number of nitrogens with zero attached hydrogens (tertiary/aromatic N) is 1. The number of rotatable bonds is 5. The summed E-state index contributed by atoms with van der Waals surface area (Å²) in [5.74, 6) is -6.95. The van der Waals surface area contributed by atoms with Crippen LogP contribution in [0.25, 0.3) is 0 Å². The number of carbonyl (C=O) groups is 2. The van der Waals surface area contributed by atoms with Gasteiger partial charge in [-0.05, 0) is 24.6 Å². The van der Waals surface area contributed by atoms with Gasteiger partial charge in [-0.3, -0.25) is 14.6 Å². The molecule has 2 heterocycles. The van der Waals surface area contributed by atoms with Crippen LogP contribution in [-0.2, 0) is 9.53 Å². The van der Waals surface area contributed by atoms with Gasteiger partial charge in [0.2, 0.25) is 5.82 Å². The molecule has 0 spiro atoms. The predicted octanol–water partition coefficient (Wildman–Crippen LogP) is 3.95. The average Bonchev–Trinajstić information content (AvgIpc) is 3.29. The number of halogens is 6. The van der Waals surface area contributed by atoms with Crippen molar-refractivity contribution >= 4 is 29.1 Å². The summed E-state index contributed by atoms with van der Waals surface area (Å²) in [6, 6.07) is 3.34. The highest BCUT2D eigenvalue weighted by molar-refractivity contribution is 6.30. The van der Waals surface area contributed by atoms with E-state index in [1.54, 1.807) is 0 Å². The minimum atomic E-state index is -4.86. The number of anilines is 1. The number of nitrogens with one attached hydrogen (secondary N) is 1. The number of amides is 2. The number of primary amides is 1. The van der Waals surface area contributed by atoms with E-state index < -0.39 is 69.9 Å². The fourth-order valence-corrected chi connectivity index (χ4v) is 4.92. The normalized spacial score (nSPS) is 27.8. The summed E-state index contributed by atoms with van der Waals surface area (Å²) in [6.07, 6.45) is -6.00. The van der Waals surface area contributed by atoms with Gasteiger partial charge in [0.1, 0.15) is 11.8 Å². The van der Waals surface area contributed by atoms with E-state index in [1.807, 2.05) is 0 Å². The van der Waals surface area contributed by atoms with Gasteiger partial charge in [-0.25, -0.2) is 4.39 Å². The molecule has 0 bridgehead atoms. The fraction of sp³-hybridized carbons (Fsp3) is 0.381. The molecule has 4 atom stereocenters. The lowest BCUT2D eigenvalue weighted by Gasteiger charge is -2.27. The standard InChI is InChI=1S/C21H17ClF5N3O4/c1-19-7-20(19,21(25,26)27)34-16(18(32)30-8-3-4-29-11(5-8)17(28)31)12(19)9-6-10(22)13(23)14(24)15(9)33-2/h3-6,12,16H,7H2,1-2H3,(H2,28,31)(H,29,30,32)/t12-,16+,19+,20+/m0/s1. The summed E-state index contributed by atoms with van der Waals surface area (Å²) in [6.45, 7) is 1.24. The number of alkyl halides is 3. The SMILES string of the molecule is COc1c([C@H]2[C@H](C(=O)Nc3ccnc(C(N)=O)c3)O[C@]3(C(F)(F)F)C[C@]23C)cc(Cl)c(F)c1F. The van der Waals surface area contributed by atoms with Crippen molar-refractivity contribution in [1.82, 2.24) is 4.98 Å². The summed E-state index contributed by atoms with van der Waals surface area (Å²) in [5, 5.41) is 1.67. The number of aromatic nitrogens is 1. The topological polar surface area (TPSA) is 104 Å². The largest absolute Gasteiger partial charge is 0.493 e. The van der Waals surface area contributed by atoms with Crippen LogP contribution in [0.1, 0.15) is 35.3 Å². The number of fused-ring (bicyclic) bond motifs is 1. The zero-order chi connectivity index (χ0) is 25.2. The lowest BCUT2D eigenvalue weighted by atomic mass is 9.79. The van der Waals surface area contributed by atoms with E-state index in [0.717, 1.165) is 25.4 Å². The Morgan fingerprint density at radius 3 is 2.56 bits per heavy atom. The minimum Gasteiger partial charge on any atom is -0.493 e. The molecular weight excluding hydrogens is 489 g/mol. The van der Waals surface area contributed by atoms with Crippen molar-refractivity contribution in [3.8, 4) is 5.75 Å². The van der Waals surface area contributed by atoms with E-state index >= 15 is 0 Å². The molecule has 2 aromatic rings. The van der Waals surface area contributed by atoms with Crippen molar-refractivity contribution in [3.05, 3.63) is 52.3 Å². The molecule has 1 saturated carbocycles. The second kappa shape index (κ2) is 7.77. The third-order valence-corrected chi connectivity index (χ3v) is 6.69. The molecule has 1 aliphatic heterocycles. The van der Waals surface area contributed by atoms with E-state index in [1.165, 1.54) is 13.0 Å². The summed E-state index contributed by atoms with van der Waals surface area (Å²) < 4.78 is 80.9. The van der Waals surface area contributed by atoms with E-state index in [0.29, 0.717) is 0 Å². The number of nitrogens with two attached hydrogens (primary N) is 1. The van der Waals surface area contributed by atoms with Gasteiger partial charge in [0, 0.05) is 28.8 Å². The lowest BCUT2D eigenvalue weighted by Crippen LogP contribution is -2.39. The maximum absolute atomic E-state index is 14.6. The first-order valence-corrected chi connectivity index (χ1v) is 10.2. The summed E-state index contributed by atoms with van der Waals surface area (Å²) in [5.41, 5.74) is 0.334. The number of hydrogen-bond acceptors (Lipinski definition) is 5. The van der Waals surface area contributed by atoms with Gasteiger partial charge in [-0.2, -0.15) is 17.6 Å². The van der Waals surface area contributed by atoms with Crippen molar-refractivity contribution in [2.24, 2.45) is 11.1 Å². The van der Waals surface area contributed by atoms with E-state index in [-0.39, 0.29) is 16.9 Å². The average molecular weight is 506 g/mol. The number of pyridine rings is 1. The van der Waals surface area contributed by atoms with Gasteiger partial charge in [-0.1, -0.05) is 18.5 Å². The van der Waals surface area contributed by atoms with Crippen molar-refractivity contribution in [3.63, 3.8) is 0 Å². The van der Waals surface area contributed by atoms with Gasteiger partial charge in [0.15, 0.2) is 17.2 Å². The summed E-state index contributed by atoms with van der Waals surface area (Å²) in [4.78, 5) is 28.2. The van der Waals surface area contributed by atoms with E-state index in [4.69, 9.17) is 26.8 Å². The number of carbonyl (C=O) groups excluding carboxylic acids is 2. The predicted molar refractivity (Wildman–Crippen MR) is 108 cm³/mol. The van der Waals surface area contributed by atoms with E-state index in [2.05, 4.69) is 10.3 Å². The maximum Gasteiger partial charge on any atom is 0.418 e. The molecular formula is C21H17ClF5N3O4. The Labute approximate surface area is 194 Å². The molecule has 1 saturated heterocycles. The molecule has 3 N–H and O–H groups in total. The smallest absolute Gasteiger partial charge is 0.418 e. The van der Waals surface area contributed by atoms with Crippen LogP contribution in [-0.4, -0.2) is 41.8 Å². The molecule has 1 aliphatic carbocycles. The molecule has 0 radical (unpaired) electrons. The van der Waals surface area contributed by atoms with Crippen molar-refractivity contribution < 1.29 is 41.0 Å². The highest BCUT2D eigenvalue weighted by atomic mass is 35.5. The quantitative estimate of drug-likeness (QED) is 0.473. The number of hydrogen-bond donors (Lipinski definition) is 2. The molecule has 7 nitrogen and oxygen atoms in total. The van der Waals surface area contributed by atoms with Crippen molar-refractivity contribution in [2.75, 3.05) is 12.4 Å². The van der Waals surface area contributed by atoms with Crippen LogP contribution in [0.15, 0.2) is 24.4 Å². The molecule has 182 valence electrons. The van der Waals surface area contributed by atoms with Crippen LogP contribution in [0.5, 0.6) is 5.75 Å². The van der Waals surface area contributed by atoms with Crippen molar-refractivity contribution in [2.45, 2.75) is 37.1 Å². The molecule has 13 heteroatoms. The lowest BCUT2D eigenvalue weighted by molar-refractivity contribution is -0.240. The third kappa shape index (κ3) is 3.38. The summed E-state index contributed by atoms with van der Waals surface area (Å²) >= 11 is 5.78. The van der Waals surface area contributed by atoms with Gasteiger partial charge < -0.3 is 20.5 Å². The van der Waals surface area contributed by atoms with Gasteiger partial charge in [-0.15, -0.1) is 0 Å². The van der Waals surface area contributed by atoms with Crippen molar-refractivity contribution in [1.29, 1.82) is 0 Å². The van der Waals surface area contributed by atoms with Gasteiger partial charge >= 0.3 is 6.18 Å². The molecule has 2 amide bonds. The van der Waals surface area contributed by atoms with E-state index in [9.17, 15) is 31.5 Å². The minimum absolute atomic E-state index is 0.0122. The molecule has 34 heavy (non-hydrogen) atoms. The second-order valence-corrected chi connectivity index (χ2v) is 8.73. The third-order valence-electron chi connectivity index (χ3n) is 6.41. The Morgan fingerprint density at radius 2 is 1.97 bits per heavy atom. The van der Waals surface area contributed by atoms with Crippen LogP contribution in [0.4, 0.5) is 27.6 Å². The Kier molecular flexibility index (Phi) is 5.52. The molecule has 4 rings (SSSR count). The first-order valence-electron chi connectivity index (χ1n) is 9.80. The monoisotopic (exact) mass is 505 g/mol. The Morgan fingerprint density at radius 1 is 1.29 bits per heavy atom. The maximum atomic E-state index is 14.6. The van der Waals surface area contributed by atoms with Crippen LogP contribution in [0, 0.1) is 17.0 Å². The highest BCUT2D eigenvalue weighted by Crippen LogP contribution is 2.77. The Hall–Kier alpha value is -2.99. The van der Waals surface area contributed by atoms with Gasteiger partial charge in [0.25, 0.3) is 11.8 Å². The molecule has 0 unspecified atom stereocenters. The fourth-order valence-electron chi connectivity index (χ4n) is 4.72. The number of methoxy groups -OCH3 is 1. The van der Waals surface area contributed by atoms with Crippen LogP contribution >= 0.6 is 11.6 Å². The number of benzene rings is 1. The first-order chi connectivity index (χ1) is 15.8. The first kappa shape index (κ1) is 24.1. The zero-order valence-corrected chi connectivity index (χ0v) is 18.4. The molecule has 1 aromatic heterocycles. The molecule has 1 aromatic carbocycles. The molecule has 2 aliphatic rings. The van der Waals surface area contributed by atoms with Crippen LogP contribution in [0.3, 0.4) is 0 Å².